The molecule has 1 heterocycles. The Bertz CT molecular complexity index is 866. The summed E-state index contributed by atoms with van der Waals surface area (Å²) in [5.41, 5.74) is 4.62. The van der Waals surface area contributed by atoms with Gasteiger partial charge in [-0.15, -0.1) is 0 Å². The lowest BCUT2D eigenvalue weighted by Crippen LogP contribution is -2.25. The van der Waals surface area contributed by atoms with E-state index in [4.69, 9.17) is 9.47 Å². The van der Waals surface area contributed by atoms with Gasteiger partial charge in [0.1, 0.15) is 5.75 Å². The molecular weight excluding hydrogens is 350 g/mol. The molecule has 0 aromatic heterocycles. The maximum Gasteiger partial charge on any atom is 0.259 e. The summed E-state index contributed by atoms with van der Waals surface area (Å²) in [4.78, 5) is 15.1. The number of nitrogens with zero attached hydrogens (tertiary/aromatic N) is 1. The minimum atomic E-state index is 0.0172. The summed E-state index contributed by atoms with van der Waals surface area (Å²) in [6, 6.07) is 17.7. The Balaban J connectivity index is 1.98. The van der Waals surface area contributed by atoms with Crippen LogP contribution in [-0.4, -0.2) is 25.7 Å². The first-order chi connectivity index (χ1) is 13.7. The maximum absolute atomic E-state index is 13.3. The van der Waals surface area contributed by atoms with Crippen LogP contribution in [0.2, 0.25) is 0 Å². The van der Waals surface area contributed by atoms with Crippen molar-refractivity contribution in [3.63, 3.8) is 0 Å². The summed E-state index contributed by atoms with van der Waals surface area (Å²) in [6.45, 7) is 7.74. The first-order valence-corrected chi connectivity index (χ1v) is 9.77. The summed E-state index contributed by atoms with van der Waals surface area (Å²) < 4.78 is 11.0. The molecule has 0 aliphatic carbocycles. The number of hydrogen-bond donors (Lipinski definition) is 0. The molecule has 0 saturated heterocycles. The Morgan fingerprint density at radius 1 is 0.964 bits per heavy atom. The van der Waals surface area contributed by atoms with E-state index in [1.54, 1.807) is 4.90 Å². The molecule has 28 heavy (non-hydrogen) atoms. The Morgan fingerprint density at radius 2 is 1.68 bits per heavy atom. The highest BCUT2D eigenvalue weighted by Gasteiger charge is 2.33. The van der Waals surface area contributed by atoms with Crippen molar-refractivity contribution in [2.75, 3.05) is 24.7 Å². The molecule has 3 rings (SSSR count). The monoisotopic (exact) mass is 377 g/mol. The standard InChI is InChI=1S/C24H27NO3/c1-4-27-16-15-22-18(3)23(17-19-9-7-6-8-10-19)25(24(22)26)20-11-13-21(14-12-20)28-5-2/h6-14,17H,4-5,15-16H2,1-3H3/b23-17+. The van der Waals surface area contributed by atoms with Crippen LogP contribution in [0, 0.1) is 0 Å². The third kappa shape index (κ3) is 4.34. The topological polar surface area (TPSA) is 38.8 Å². The molecule has 0 saturated carbocycles. The second-order valence-electron chi connectivity index (χ2n) is 6.56. The van der Waals surface area contributed by atoms with Crippen molar-refractivity contribution in [2.24, 2.45) is 0 Å². The Kier molecular flexibility index (Phi) is 6.66. The normalized spacial score (nSPS) is 15.6. The van der Waals surface area contributed by atoms with E-state index < -0.39 is 0 Å². The Hall–Kier alpha value is -2.85. The number of benzene rings is 2. The van der Waals surface area contributed by atoms with Crippen LogP contribution >= 0.6 is 0 Å². The third-order valence-electron chi connectivity index (χ3n) is 4.75. The first kappa shape index (κ1) is 19.9. The van der Waals surface area contributed by atoms with Crippen LogP contribution in [0.15, 0.2) is 71.4 Å². The smallest absolute Gasteiger partial charge is 0.259 e. The number of carbonyl (C=O) groups excluding carboxylic acids is 1. The molecule has 0 radical (unpaired) electrons. The van der Waals surface area contributed by atoms with Crippen LogP contribution in [0.1, 0.15) is 32.8 Å². The van der Waals surface area contributed by atoms with Gasteiger partial charge in [0, 0.05) is 24.3 Å². The fourth-order valence-electron chi connectivity index (χ4n) is 3.33. The highest BCUT2D eigenvalue weighted by Crippen LogP contribution is 2.37. The van der Waals surface area contributed by atoms with E-state index in [1.807, 2.05) is 75.4 Å². The van der Waals surface area contributed by atoms with E-state index in [9.17, 15) is 4.79 Å². The van der Waals surface area contributed by atoms with Crippen molar-refractivity contribution in [1.82, 2.24) is 0 Å². The number of allylic oxidation sites excluding steroid dienone is 1. The molecule has 4 nitrogen and oxygen atoms in total. The van der Waals surface area contributed by atoms with E-state index in [0.717, 1.165) is 33.8 Å². The van der Waals surface area contributed by atoms with Gasteiger partial charge >= 0.3 is 0 Å². The molecular formula is C24H27NO3. The lowest BCUT2D eigenvalue weighted by molar-refractivity contribution is -0.114. The van der Waals surface area contributed by atoms with Gasteiger partial charge in [0.25, 0.3) is 5.91 Å². The van der Waals surface area contributed by atoms with Gasteiger partial charge in [0.15, 0.2) is 0 Å². The van der Waals surface area contributed by atoms with Crippen LogP contribution in [-0.2, 0) is 9.53 Å². The van der Waals surface area contributed by atoms with Gasteiger partial charge in [-0.2, -0.15) is 0 Å². The van der Waals surface area contributed by atoms with Gasteiger partial charge in [0.05, 0.1) is 18.9 Å². The van der Waals surface area contributed by atoms with Crippen molar-refractivity contribution < 1.29 is 14.3 Å². The molecule has 0 spiro atoms. The minimum Gasteiger partial charge on any atom is -0.494 e. The highest BCUT2D eigenvalue weighted by molar-refractivity contribution is 6.14. The molecule has 0 atom stereocenters. The average molecular weight is 377 g/mol. The number of hydrogen-bond acceptors (Lipinski definition) is 3. The Labute approximate surface area is 167 Å². The second-order valence-corrected chi connectivity index (χ2v) is 6.56. The summed E-state index contributed by atoms with van der Waals surface area (Å²) in [7, 11) is 0. The predicted octanol–water partition coefficient (Wildman–Crippen LogP) is 5.22. The number of rotatable bonds is 8. The van der Waals surface area contributed by atoms with Crippen LogP contribution in [0.5, 0.6) is 5.75 Å². The minimum absolute atomic E-state index is 0.0172. The first-order valence-electron chi connectivity index (χ1n) is 9.77. The molecule has 1 aliphatic rings. The average Bonchev–Trinajstić information content (AvgIpc) is 2.94. The van der Waals surface area contributed by atoms with Crippen molar-refractivity contribution in [1.29, 1.82) is 0 Å². The molecule has 0 fully saturated rings. The van der Waals surface area contributed by atoms with Gasteiger partial charge in [-0.05, 0) is 62.2 Å². The van der Waals surface area contributed by atoms with Gasteiger partial charge < -0.3 is 9.47 Å². The Morgan fingerprint density at radius 3 is 2.32 bits per heavy atom. The number of carbonyl (C=O) groups is 1. The summed E-state index contributed by atoms with van der Waals surface area (Å²) in [5, 5.41) is 0. The second kappa shape index (κ2) is 9.38. The van der Waals surface area contributed by atoms with Crippen molar-refractivity contribution in [3.05, 3.63) is 77.0 Å². The van der Waals surface area contributed by atoms with Gasteiger partial charge in [0.2, 0.25) is 0 Å². The fraction of sp³-hybridized carbons (Fsp3) is 0.292. The van der Waals surface area contributed by atoms with E-state index in [0.29, 0.717) is 26.2 Å². The molecule has 0 unspecified atom stereocenters. The molecule has 0 bridgehead atoms. The van der Waals surface area contributed by atoms with E-state index in [2.05, 4.69) is 6.08 Å². The summed E-state index contributed by atoms with van der Waals surface area (Å²) in [5.74, 6) is 0.816. The lowest BCUT2D eigenvalue weighted by Gasteiger charge is -2.20. The molecule has 0 N–H and O–H groups in total. The largest absolute Gasteiger partial charge is 0.494 e. The zero-order valence-electron chi connectivity index (χ0n) is 16.8. The van der Waals surface area contributed by atoms with Crippen LogP contribution in [0.4, 0.5) is 5.69 Å². The predicted molar refractivity (Wildman–Crippen MR) is 113 cm³/mol. The van der Waals surface area contributed by atoms with Crippen molar-refractivity contribution in [3.8, 4) is 5.75 Å². The zero-order chi connectivity index (χ0) is 19.9. The molecule has 146 valence electrons. The highest BCUT2D eigenvalue weighted by atomic mass is 16.5. The maximum atomic E-state index is 13.3. The van der Waals surface area contributed by atoms with Crippen LogP contribution < -0.4 is 9.64 Å². The summed E-state index contributed by atoms with van der Waals surface area (Å²) in [6.07, 6.45) is 2.68. The van der Waals surface area contributed by atoms with Crippen LogP contribution in [0.3, 0.4) is 0 Å². The quantitative estimate of drug-likeness (QED) is 0.592. The van der Waals surface area contributed by atoms with E-state index in [1.165, 1.54) is 0 Å². The van der Waals surface area contributed by atoms with E-state index in [-0.39, 0.29) is 5.91 Å². The molecule has 4 heteroatoms. The number of amides is 1. The fourth-order valence-corrected chi connectivity index (χ4v) is 3.33. The lowest BCUT2D eigenvalue weighted by atomic mass is 10.1. The zero-order valence-corrected chi connectivity index (χ0v) is 16.8. The van der Waals surface area contributed by atoms with Crippen molar-refractivity contribution in [2.45, 2.75) is 27.2 Å². The molecule has 1 amide bonds. The SMILES string of the molecule is CCOCCC1=C(C)/C(=C\c2ccccc2)N(c2ccc(OCC)cc2)C1=O. The van der Waals surface area contributed by atoms with Crippen molar-refractivity contribution >= 4 is 17.7 Å². The molecule has 2 aromatic rings. The van der Waals surface area contributed by atoms with Gasteiger partial charge in [-0.3, -0.25) is 9.69 Å². The number of ether oxygens (including phenoxy) is 2. The van der Waals surface area contributed by atoms with Gasteiger partial charge in [-0.25, -0.2) is 0 Å². The van der Waals surface area contributed by atoms with Gasteiger partial charge in [-0.1, -0.05) is 30.3 Å². The van der Waals surface area contributed by atoms with E-state index >= 15 is 0 Å². The summed E-state index contributed by atoms with van der Waals surface area (Å²) >= 11 is 0. The molecule has 1 aliphatic heterocycles. The number of anilines is 1. The third-order valence-corrected chi connectivity index (χ3v) is 4.75. The molecule has 2 aromatic carbocycles. The van der Waals surface area contributed by atoms with Crippen LogP contribution in [0.25, 0.3) is 6.08 Å².